The van der Waals surface area contributed by atoms with Crippen LogP contribution in [0.15, 0.2) is 30.5 Å². The molecule has 0 spiro atoms. The number of halogens is 2. The molecule has 1 N–H and O–H groups in total. The van der Waals surface area contributed by atoms with E-state index in [1.54, 1.807) is 6.20 Å². The molecular formula is C16H21F2N3. The third-order valence-electron chi connectivity index (χ3n) is 3.49. The Hall–Kier alpha value is -1.75. The second-order valence-electron chi connectivity index (χ2n) is 5.02. The number of aromatic nitrogens is 2. The van der Waals surface area contributed by atoms with E-state index in [2.05, 4.69) is 17.3 Å². The topological polar surface area (TPSA) is 29.9 Å². The maximum atomic E-state index is 13.9. The molecule has 1 aromatic carbocycles. The summed E-state index contributed by atoms with van der Waals surface area (Å²) in [6, 6.07) is 5.65. The Bertz CT molecular complexity index is 581. The van der Waals surface area contributed by atoms with E-state index < -0.39 is 11.6 Å². The molecule has 1 aromatic heterocycles. The number of nitrogens with one attached hydrogen (secondary N) is 1. The molecule has 1 unspecified atom stereocenters. The number of rotatable bonds is 7. The monoisotopic (exact) mass is 293 g/mol. The van der Waals surface area contributed by atoms with Crippen molar-refractivity contribution in [3.8, 4) is 0 Å². The molecule has 0 bridgehead atoms. The highest BCUT2D eigenvalue weighted by atomic mass is 19.1. The van der Waals surface area contributed by atoms with Gasteiger partial charge in [-0.25, -0.2) is 8.78 Å². The minimum Gasteiger partial charge on any atom is -0.308 e. The molecule has 0 fully saturated rings. The van der Waals surface area contributed by atoms with Crippen LogP contribution in [0.1, 0.15) is 37.6 Å². The molecule has 5 heteroatoms. The van der Waals surface area contributed by atoms with Gasteiger partial charge in [0, 0.05) is 18.8 Å². The minimum atomic E-state index is -0.548. The predicted molar refractivity (Wildman–Crippen MR) is 79.0 cm³/mol. The summed E-state index contributed by atoms with van der Waals surface area (Å²) in [6.45, 7) is 5.70. The van der Waals surface area contributed by atoms with Gasteiger partial charge in [0.05, 0.1) is 11.7 Å². The summed E-state index contributed by atoms with van der Waals surface area (Å²) in [5.74, 6) is -1.05. The van der Waals surface area contributed by atoms with E-state index >= 15 is 0 Å². The fourth-order valence-electron chi connectivity index (χ4n) is 2.41. The van der Waals surface area contributed by atoms with Crippen LogP contribution in [0.3, 0.4) is 0 Å². The molecule has 114 valence electrons. The quantitative estimate of drug-likeness (QED) is 0.847. The van der Waals surface area contributed by atoms with Gasteiger partial charge in [0.15, 0.2) is 0 Å². The summed E-state index contributed by atoms with van der Waals surface area (Å²) in [7, 11) is 0. The van der Waals surface area contributed by atoms with Gasteiger partial charge in [-0.2, -0.15) is 5.10 Å². The number of benzene rings is 1. The molecule has 1 heterocycles. The van der Waals surface area contributed by atoms with Gasteiger partial charge in [0.2, 0.25) is 0 Å². The Kier molecular flexibility index (Phi) is 5.44. The highest BCUT2D eigenvalue weighted by Crippen LogP contribution is 2.21. The predicted octanol–water partition coefficient (Wildman–Crippen LogP) is 3.46. The largest absolute Gasteiger partial charge is 0.308 e. The third kappa shape index (κ3) is 3.88. The van der Waals surface area contributed by atoms with Crippen molar-refractivity contribution in [2.24, 2.45) is 0 Å². The fraction of sp³-hybridized carbons (Fsp3) is 0.438. The average molecular weight is 293 g/mol. The van der Waals surface area contributed by atoms with Gasteiger partial charge in [0.25, 0.3) is 0 Å². The van der Waals surface area contributed by atoms with Crippen molar-refractivity contribution < 1.29 is 8.78 Å². The molecule has 21 heavy (non-hydrogen) atoms. The van der Waals surface area contributed by atoms with Crippen LogP contribution >= 0.6 is 0 Å². The lowest BCUT2D eigenvalue weighted by atomic mass is 10.0. The number of aryl methyl sites for hydroxylation is 1. The van der Waals surface area contributed by atoms with E-state index in [0.717, 1.165) is 31.3 Å². The third-order valence-corrected chi connectivity index (χ3v) is 3.49. The molecule has 0 aliphatic carbocycles. The minimum absolute atomic E-state index is 0.0349. The first kappa shape index (κ1) is 15.6. The second-order valence-corrected chi connectivity index (χ2v) is 5.02. The molecule has 0 amide bonds. The number of hydrogen-bond acceptors (Lipinski definition) is 2. The van der Waals surface area contributed by atoms with Crippen molar-refractivity contribution in [1.82, 2.24) is 15.1 Å². The van der Waals surface area contributed by atoms with E-state index in [9.17, 15) is 8.78 Å². The van der Waals surface area contributed by atoms with Gasteiger partial charge in [-0.05, 0) is 44.0 Å². The zero-order chi connectivity index (χ0) is 15.2. The van der Waals surface area contributed by atoms with Crippen LogP contribution in [-0.2, 0) is 13.0 Å². The summed E-state index contributed by atoms with van der Waals surface area (Å²) in [5, 5.41) is 7.68. The standard InChI is InChI=1S/C16H21F2N3/c1-3-8-19-15(16-7-9-20-21(16)4-2)10-12-5-6-13(17)11-14(12)18/h5-7,9,11,15,19H,3-4,8,10H2,1-2H3. The molecule has 3 nitrogen and oxygen atoms in total. The van der Waals surface area contributed by atoms with E-state index in [4.69, 9.17) is 0 Å². The first-order chi connectivity index (χ1) is 10.2. The highest BCUT2D eigenvalue weighted by Gasteiger charge is 2.17. The molecule has 1 atom stereocenters. The second kappa shape index (κ2) is 7.31. The van der Waals surface area contributed by atoms with Gasteiger partial charge in [0.1, 0.15) is 11.6 Å². The van der Waals surface area contributed by atoms with Crippen molar-refractivity contribution in [3.05, 3.63) is 53.4 Å². The number of hydrogen-bond donors (Lipinski definition) is 1. The summed E-state index contributed by atoms with van der Waals surface area (Å²) in [5.41, 5.74) is 1.53. The molecule has 0 aliphatic rings. The summed E-state index contributed by atoms with van der Waals surface area (Å²) >= 11 is 0. The van der Waals surface area contributed by atoms with Crippen LogP contribution < -0.4 is 5.32 Å². The zero-order valence-electron chi connectivity index (χ0n) is 12.4. The van der Waals surface area contributed by atoms with Crippen LogP contribution in [0.25, 0.3) is 0 Å². The van der Waals surface area contributed by atoms with Crippen LogP contribution in [0.4, 0.5) is 8.78 Å². The van der Waals surface area contributed by atoms with E-state index in [-0.39, 0.29) is 6.04 Å². The lowest BCUT2D eigenvalue weighted by molar-refractivity contribution is 0.468. The molecular weight excluding hydrogens is 272 g/mol. The van der Waals surface area contributed by atoms with Gasteiger partial charge >= 0.3 is 0 Å². The van der Waals surface area contributed by atoms with Gasteiger partial charge in [-0.3, -0.25) is 4.68 Å². The summed E-state index contributed by atoms with van der Waals surface area (Å²) in [6.07, 6.45) is 3.21. The van der Waals surface area contributed by atoms with Gasteiger partial charge in [-0.1, -0.05) is 13.0 Å². The lowest BCUT2D eigenvalue weighted by Gasteiger charge is -2.20. The lowest BCUT2D eigenvalue weighted by Crippen LogP contribution is -2.27. The van der Waals surface area contributed by atoms with Crippen molar-refractivity contribution in [3.63, 3.8) is 0 Å². The Morgan fingerprint density at radius 1 is 1.24 bits per heavy atom. The Morgan fingerprint density at radius 2 is 2.05 bits per heavy atom. The maximum Gasteiger partial charge on any atom is 0.129 e. The van der Waals surface area contributed by atoms with Crippen molar-refractivity contribution in [1.29, 1.82) is 0 Å². The molecule has 0 saturated heterocycles. The van der Waals surface area contributed by atoms with Crippen molar-refractivity contribution >= 4 is 0 Å². The first-order valence-electron chi connectivity index (χ1n) is 7.34. The highest BCUT2D eigenvalue weighted by molar-refractivity contribution is 5.22. The fourth-order valence-corrected chi connectivity index (χ4v) is 2.41. The molecule has 0 aliphatic heterocycles. The normalized spacial score (nSPS) is 12.6. The van der Waals surface area contributed by atoms with E-state index in [0.29, 0.717) is 12.0 Å². The summed E-state index contributed by atoms with van der Waals surface area (Å²) < 4.78 is 28.8. The van der Waals surface area contributed by atoms with Crippen LogP contribution in [0, 0.1) is 11.6 Å². The zero-order valence-corrected chi connectivity index (χ0v) is 12.4. The Balaban J connectivity index is 2.24. The molecule has 0 radical (unpaired) electrons. The number of nitrogens with zero attached hydrogens (tertiary/aromatic N) is 2. The van der Waals surface area contributed by atoms with Crippen molar-refractivity contribution in [2.75, 3.05) is 6.54 Å². The Morgan fingerprint density at radius 3 is 2.71 bits per heavy atom. The SMILES string of the molecule is CCCNC(Cc1ccc(F)cc1F)c1ccnn1CC. The van der Waals surface area contributed by atoms with Gasteiger partial charge in [-0.15, -0.1) is 0 Å². The van der Waals surface area contributed by atoms with Crippen molar-refractivity contribution in [2.45, 2.75) is 39.3 Å². The van der Waals surface area contributed by atoms with E-state index in [1.807, 2.05) is 17.7 Å². The van der Waals surface area contributed by atoms with Crippen LogP contribution in [0.2, 0.25) is 0 Å². The first-order valence-corrected chi connectivity index (χ1v) is 7.34. The van der Waals surface area contributed by atoms with Gasteiger partial charge < -0.3 is 5.32 Å². The molecule has 2 aromatic rings. The van der Waals surface area contributed by atoms with Crippen LogP contribution in [-0.4, -0.2) is 16.3 Å². The Labute approximate surface area is 124 Å². The molecule has 2 rings (SSSR count). The van der Waals surface area contributed by atoms with E-state index in [1.165, 1.54) is 12.1 Å². The maximum absolute atomic E-state index is 13.9. The summed E-state index contributed by atoms with van der Waals surface area (Å²) in [4.78, 5) is 0. The molecule has 0 saturated carbocycles. The average Bonchev–Trinajstić information content (AvgIpc) is 2.94. The smallest absolute Gasteiger partial charge is 0.129 e. The van der Waals surface area contributed by atoms with Crippen LogP contribution in [0.5, 0.6) is 0 Å².